The predicted molar refractivity (Wildman–Crippen MR) is 219 cm³/mol. The molecule has 0 amide bonds. The third kappa shape index (κ3) is 11.5. The number of carbonyl (C=O) groups is 1. The second kappa shape index (κ2) is 18.3. The lowest BCUT2D eigenvalue weighted by Crippen LogP contribution is -2.05. The van der Waals surface area contributed by atoms with Crippen LogP contribution in [0.5, 0.6) is 11.5 Å². The van der Waals surface area contributed by atoms with E-state index in [2.05, 4.69) is 19.9 Å². The van der Waals surface area contributed by atoms with Gasteiger partial charge in [0.25, 0.3) is 0 Å². The van der Waals surface area contributed by atoms with Crippen molar-refractivity contribution < 1.29 is 49.9 Å². The first-order chi connectivity index (χ1) is 29.0. The maximum atomic E-state index is 12.8. The van der Waals surface area contributed by atoms with Gasteiger partial charge in [-0.1, -0.05) is 60.7 Å². The molecule has 3 N–H and O–H groups in total. The first kappa shape index (κ1) is 43.3. The van der Waals surface area contributed by atoms with E-state index in [1.54, 1.807) is 54.9 Å². The summed E-state index contributed by atoms with van der Waals surface area (Å²) in [4.78, 5) is 27.8. The van der Waals surface area contributed by atoms with Gasteiger partial charge in [-0.2, -0.15) is 26.3 Å². The molecule has 0 saturated carbocycles. The molecule has 0 radical (unpaired) electrons. The van der Waals surface area contributed by atoms with E-state index in [1.165, 1.54) is 49.4 Å². The molecule has 4 heterocycles. The van der Waals surface area contributed by atoms with Crippen LogP contribution in [0.4, 0.5) is 32.0 Å². The maximum absolute atomic E-state index is 12.8. The van der Waals surface area contributed by atoms with Crippen molar-refractivity contribution in [2.24, 2.45) is 0 Å². The van der Waals surface area contributed by atoms with Crippen molar-refractivity contribution in [3.05, 3.63) is 175 Å². The molecule has 0 aliphatic heterocycles. The highest BCUT2D eigenvalue weighted by atomic mass is 31.2. The van der Waals surface area contributed by atoms with E-state index in [0.29, 0.717) is 50.2 Å². The Bertz CT molecular complexity index is 2800. The summed E-state index contributed by atoms with van der Waals surface area (Å²) in [5, 5.41) is 10.3. The van der Waals surface area contributed by atoms with Crippen LogP contribution in [0.15, 0.2) is 158 Å². The zero-order valence-electron chi connectivity index (χ0n) is 31.7. The number of halogens is 6. The summed E-state index contributed by atoms with van der Waals surface area (Å²) in [7, 11) is -3.14. The Hall–Kier alpha value is -7.32. The monoisotopic (exact) mass is 855 g/mol. The van der Waals surface area contributed by atoms with Gasteiger partial charge < -0.3 is 19.9 Å². The number of hydrogen-bond acceptors (Lipinski definition) is 9. The van der Waals surface area contributed by atoms with Crippen LogP contribution >= 0.6 is 7.60 Å². The number of para-hydroxylation sites is 2. The van der Waals surface area contributed by atoms with Crippen molar-refractivity contribution in [2.45, 2.75) is 12.4 Å². The van der Waals surface area contributed by atoms with E-state index in [9.17, 15) is 40.8 Å². The number of nitrogens with zero attached hydrogens (tertiary/aromatic N) is 4. The Labute approximate surface area is 343 Å². The number of aromatic carboxylic acids is 1. The molecule has 61 heavy (non-hydrogen) atoms. The Kier molecular flexibility index (Phi) is 13.0. The SMILES string of the molecule is CP(=O)(Oc1ccccc1)Oc1ccccc1.Nc1cc(-c2cccc(C(F)(F)F)c2)nc2ccncc12.O=C(O)c1cc(-c2cccc(C(F)(F)F)c2)nc2ccncc12. The Balaban J connectivity index is 0.000000155. The van der Waals surface area contributed by atoms with Crippen LogP contribution in [0, 0.1) is 0 Å². The average molecular weight is 856 g/mol. The van der Waals surface area contributed by atoms with E-state index in [0.717, 1.165) is 24.3 Å². The summed E-state index contributed by atoms with van der Waals surface area (Å²) < 4.78 is 99.5. The number of rotatable bonds is 7. The summed E-state index contributed by atoms with van der Waals surface area (Å²) in [6, 6.07) is 33.6. The topological polar surface area (TPSA) is 150 Å². The zero-order chi connectivity index (χ0) is 43.8. The number of fused-ring (bicyclic) bond motifs is 2. The molecule has 10 nitrogen and oxygen atoms in total. The van der Waals surface area contributed by atoms with Crippen LogP contribution in [0.3, 0.4) is 0 Å². The van der Waals surface area contributed by atoms with Crippen molar-refractivity contribution in [2.75, 3.05) is 12.4 Å². The lowest BCUT2D eigenvalue weighted by molar-refractivity contribution is -0.138. The zero-order valence-corrected chi connectivity index (χ0v) is 32.6. The molecule has 0 saturated heterocycles. The smallest absolute Gasteiger partial charge is 0.427 e. The highest BCUT2D eigenvalue weighted by molar-refractivity contribution is 7.53. The van der Waals surface area contributed by atoms with E-state index in [4.69, 9.17) is 14.8 Å². The van der Waals surface area contributed by atoms with E-state index >= 15 is 0 Å². The molecule has 310 valence electrons. The first-order valence-corrected chi connectivity index (χ1v) is 19.9. The molecule has 8 rings (SSSR count). The molecular weight excluding hydrogens is 823 g/mol. The van der Waals surface area contributed by atoms with Crippen molar-refractivity contribution in [3.8, 4) is 34.0 Å². The molecule has 17 heteroatoms. The Morgan fingerprint density at radius 3 is 1.51 bits per heavy atom. The standard InChI is InChI=1S/C16H9F3N2O2.C15H10F3N3.C13H13O3P/c17-16(18,19)10-3-1-2-9(6-10)14-7-11(15(22)23)12-8-20-5-4-13(12)21-14;16-15(17,18)10-3-1-2-9(6-10)14-7-12(19)11-8-20-5-4-13(11)21-14;1-17(14,15-12-8-4-2-5-9-12)16-13-10-6-3-7-11-13/h1-8H,(H,22,23);1-8H,(H2,19,21);2-11H,1H3. The largest absolute Gasteiger partial charge is 0.478 e. The number of anilines is 1. The molecule has 4 aromatic heterocycles. The van der Waals surface area contributed by atoms with E-state index in [-0.39, 0.29) is 16.8 Å². The molecule has 0 atom stereocenters. The quantitative estimate of drug-likeness (QED) is 0.117. The van der Waals surface area contributed by atoms with E-state index in [1.807, 2.05) is 36.4 Å². The van der Waals surface area contributed by atoms with E-state index < -0.39 is 37.0 Å². The minimum atomic E-state index is -4.48. The van der Waals surface area contributed by atoms with Crippen LogP contribution < -0.4 is 14.8 Å². The average Bonchev–Trinajstić information content (AvgIpc) is 3.23. The molecule has 0 unspecified atom stereocenters. The summed E-state index contributed by atoms with van der Waals surface area (Å²) in [5.41, 5.74) is 6.83. The van der Waals surface area contributed by atoms with Crippen molar-refractivity contribution >= 4 is 41.1 Å². The highest BCUT2D eigenvalue weighted by Crippen LogP contribution is 2.44. The molecular formula is C44H32F6N5O5P. The van der Waals surface area contributed by atoms with Gasteiger partial charge in [0.15, 0.2) is 0 Å². The summed E-state index contributed by atoms with van der Waals surface area (Å²) >= 11 is 0. The van der Waals surface area contributed by atoms with Crippen LogP contribution in [-0.4, -0.2) is 37.7 Å². The van der Waals surface area contributed by atoms with Crippen molar-refractivity contribution in [1.29, 1.82) is 0 Å². The number of hydrogen-bond donors (Lipinski definition) is 2. The van der Waals surface area contributed by atoms with Gasteiger partial charge in [0.1, 0.15) is 11.5 Å². The molecule has 0 aliphatic rings. The van der Waals surface area contributed by atoms with Gasteiger partial charge in [-0.3, -0.25) is 9.97 Å². The minimum Gasteiger partial charge on any atom is -0.478 e. The molecule has 0 bridgehead atoms. The lowest BCUT2D eigenvalue weighted by atomic mass is 10.0. The van der Waals surface area contributed by atoms with Crippen molar-refractivity contribution in [3.63, 3.8) is 0 Å². The lowest BCUT2D eigenvalue weighted by Gasteiger charge is -2.15. The van der Waals surface area contributed by atoms with Gasteiger partial charge in [-0.15, -0.1) is 0 Å². The fraction of sp³-hybridized carbons (Fsp3) is 0.0682. The summed E-state index contributed by atoms with van der Waals surface area (Å²) in [6.45, 7) is 1.45. The third-order valence-electron chi connectivity index (χ3n) is 8.48. The number of nitrogens with two attached hydrogens (primary N) is 1. The Morgan fingerprint density at radius 2 is 1.05 bits per heavy atom. The van der Waals surface area contributed by atoms with Crippen LogP contribution in [0.25, 0.3) is 44.3 Å². The number of nitrogen functional groups attached to an aromatic ring is 1. The Morgan fingerprint density at radius 1 is 0.607 bits per heavy atom. The normalized spacial score (nSPS) is 11.5. The van der Waals surface area contributed by atoms with Gasteiger partial charge in [0.05, 0.1) is 45.8 Å². The van der Waals surface area contributed by atoms with Gasteiger partial charge in [-0.25, -0.2) is 19.3 Å². The molecule has 0 aliphatic carbocycles. The van der Waals surface area contributed by atoms with Gasteiger partial charge in [0, 0.05) is 52.4 Å². The second-order valence-corrected chi connectivity index (χ2v) is 14.9. The van der Waals surface area contributed by atoms with Crippen molar-refractivity contribution in [1.82, 2.24) is 19.9 Å². The number of alkyl halides is 6. The molecule has 8 aromatic rings. The van der Waals surface area contributed by atoms with Gasteiger partial charge in [0.2, 0.25) is 0 Å². The fourth-order valence-electron chi connectivity index (χ4n) is 5.71. The minimum absolute atomic E-state index is 0.0597. The summed E-state index contributed by atoms with van der Waals surface area (Å²) in [5.74, 6) is -0.123. The fourth-order valence-corrected chi connectivity index (χ4v) is 6.76. The second-order valence-electron chi connectivity index (χ2n) is 13.0. The van der Waals surface area contributed by atoms with Crippen LogP contribution in [-0.2, 0) is 16.9 Å². The number of benzene rings is 4. The van der Waals surface area contributed by atoms with Gasteiger partial charge >= 0.3 is 25.9 Å². The first-order valence-electron chi connectivity index (χ1n) is 17.9. The predicted octanol–water partition coefficient (Wildman–Crippen LogP) is 11.9. The summed E-state index contributed by atoms with van der Waals surface area (Å²) in [6.07, 6.45) is -2.93. The third-order valence-corrected chi connectivity index (χ3v) is 9.57. The number of carboxylic acids is 1. The molecule has 4 aromatic carbocycles. The van der Waals surface area contributed by atoms with Crippen LogP contribution in [0.1, 0.15) is 21.5 Å². The molecule has 0 spiro atoms. The highest BCUT2D eigenvalue weighted by Gasteiger charge is 2.31. The van der Waals surface area contributed by atoms with Gasteiger partial charge in [-0.05, 0) is 72.8 Å². The number of carboxylic acid groups (broad SMARTS) is 1. The maximum Gasteiger partial charge on any atom is 0.427 e. The number of aromatic nitrogens is 4. The number of pyridine rings is 4. The molecule has 0 fully saturated rings. The van der Waals surface area contributed by atoms with Crippen LogP contribution in [0.2, 0.25) is 0 Å².